The predicted octanol–water partition coefficient (Wildman–Crippen LogP) is 3.73. The Bertz CT molecular complexity index is 578. The van der Waals surface area contributed by atoms with Crippen LogP contribution in [0, 0.1) is 12.8 Å². The van der Waals surface area contributed by atoms with E-state index in [4.69, 9.17) is 0 Å². The average molecular weight is 241 g/mol. The molecule has 18 heavy (non-hydrogen) atoms. The molecule has 2 rings (SSSR count). The molecule has 1 aromatic carbocycles. The molecule has 1 heterocycles. The van der Waals surface area contributed by atoms with Crippen molar-refractivity contribution in [3.05, 3.63) is 41.1 Å². The molecule has 0 aliphatic heterocycles. The van der Waals surface area contributed by atoms with Crippen molar-refractivity contribution in [2.24, 2.45) is 13.0 Å². The van der Waals surface area contributed by atoms with Crippen LogP contribution in [0.1, 0.15) is 25.1 Å². The molecule has 0 saturated carbocycles. The molecule has 0 radical (unpaired) electrons. The highest BCUT2D eigenvalue weighted by Gasteiger charge is 2.11. The van der Waals surface area contributed by atoms with E-state index < -0.39 is 0 Å². The normalized spacial score (nSPS) is 12.4. The number of benzene rings is 1. The predicted molar refractivity (Wildman–Crippen MR) is 76.5 cm³/mol. The van der Waals surface area contributed by atoms with Crippen LogP contribution in [0.25, 0.3) is 17.0 Å². The minimum atomic E-state index is 0.250. The van der Waals surface area contributed by atoms with E-state index in [9.17, 15) is 4.79 Å². The van der Waals surface area contributed by atoms with Crippen LogP contribution in [0.15, 0.2) is 29.8 Å². The van der Waals surface area contributed by atoms with Crippen LogP contribution >= 0.6 is 0 Å². The van der Waals surface area contributed by atoms with E-state index in [0.717, 1.165) is 17.6 Å². The highest BCUT2D eigenvalue weighted by Crippen LogP contribution is 2.26. The van der Waals surface area contributed by atoms with E-state index in [-0.39, 0.29) is 5.92 Å². The number of rotatable bonds is 3. The second kappa shape index (κ2) is 4.81. The largest absolute Gasteiger partial charge is 0.344 e. The van der Waals surface area contributed by atoms with E-state index >= 15 is 0 Å². The summed E-state index contributed by atoms with van der Waals surface area (Å²) in [6.07, 6.45) is 2.97. The zero-order chi connectivity index (χ0) is 13.3. The summed E-state index contributed by atoms with van der Waals surface area (Å²) >= 11 is 0. The number of nitrogens with zero attached hydrogens (tertiary/aromatic N) is 1. The highest BCUT2D eigenvalue weighted by atomic mass is 16.1. The third-order valence-electron chi connectivity index (χ3n) is 3.52. The third kappa shape index (κ3) is 1.99. The zero-order valence-corrected chi connectivity index (χ0v) is 11.4. The average Bonchev–Trinajstić information content (AvgIpc) is 2.60. The summed E-state index contributed by atoms with van der Waals surface area (Å²) in [5.74, 6) is 0.250. The zero-order valence-electron chi connectivity index (χ0n) is 11.4. The maximum Gasteiger partial charge on any atom is 0.146 e. The van der Waals surface area contributed by atoms with Crippen LogP contribution in [-0.4, -0.2) is 10.9 Å². The van der Waals surface area contributed by atoms with E-state index in [1.807, 2.05) is 39.1 Å². The lowest BCUT2D eigenvalue weighted by atomic mass is 10.0. The molecule has 0 aliphatic rings. The van der Waals surface area contributed by atoms with Crippen LogP contribution in [0.3, 0.4) is 0 Å². The van der Waals surface area contributed by atoms with Gasteiger partial charge in [-0.05, 0) is 36.1 Å². The molecule has 0 spiro atoms. The quantitative estimate of drug-likeness (QED) is 0.593. The lowest BCUT2D eigenvalue weighted by Gasteiger charge is -2.06. The first-order valence-corrected chi connectivity index (χ1v) is 6.27. The fourth-order valence-corrected chi connectivity index (χ4v) is 2.30. The van der Waals surface area contributed by atoms with Crippen LogP contribution in [0.5, 0.6) is 0 Å². The van der Waals surface area contributed by atoms with Gasteiger partial charge < -0.3 is 4.57 Å². The summed E-state index contributed by atoms with van der Waals surface area (Å²) < 4.78 is 2.15. The Hall–Kier alpha value is -1.83. The molecular formula is C16H19NO. The number of para-hydroxylation sites is 1. The first kappa shape index (κ1) is 12.6. The van der Waals surface area contributed by atoms with Gasteiger partial charge in [0, 0.05) is 23.6 Å². The van der Waals surface area contributed by atoms with Crippen LogP contribution in [-0.2, 0) is 11.8 Å². The highest BCUT2D eigenvalue weighted by molar-refractivity contribution is 5.90. The second-order valence-electron chi connectivity index (χ2n) is 5.00. The monoisotopic (exact) mass is 241 g/mol. The first-order chi connectivity index (χ1) is 8.56. The van der Waals surface area contributed by atoms with Crippen molar-refractivity contribution >= 4 is 23.3 Å². The van der Waals surface area contributed by atoms with Gasteiger partial charge in [0.1, 0.15) is 6.29 Å². The number of hydrogen-bond donors (Lipinski definition) is 0. The smallest absolute Gasteiger partial charge is 0.146 e. The number of allylic oxidation sites excluding steroid dienone is 1. The van der Waals surface area contributed by atoms with Crippen molar-refractivity contribution in [3.63, 3.8) is 0 Å². The summed E-state index contributed by atoms with van der Waals surface area (Å²) in [6, 6.07) is 8.32. The molecule has 2 nitrogen and oxygen atoms in total. The molecule has 0 atom stereocenters. The number of aromatic nitrogens is 1. The minimum Gasteiger partial charge on any atom is -0.344 e. The van der Waals surface area contributed by atoms with Crippen molar-refractivity contribution in [2.45, 2.75) is 20.8 Å². The van der Waals surface area contributed by atoms with E-state index in [1.165, 1.54) is 16.5 Å². The summed E-state index contributed by atoms with van der Waals surface area (Å²) in [6.45, 7) is 6.19. The molecule has 0 N–H and O–H groups in total. The summed E-state index contributed by atoms with van der Waals surface area (Å²) in [7, 11) is 2.05. The van der Waals surface area contributed by atoms with Crippen molar-refractivity contribution < 1.29 is 4.79 Å². The number of carbonyl (C=O) groups excluding carboxylic acids is 1. The summed E-state index contributed by atoms with van der Waals surface area (Å²) in [4.78, 5) is 11.1. The topological polar surface area (TPSA) is 22.0 Å². The Morgan fingerprint density at radius 1 is 1.28 bits per heavy atom. The lowest BCUT2D eigenvalue weighted by Crippen LogP contribution is -1.98. The van der Waals surface area contributed by atoms with Gasteiger partial charge in [0.05, 0.1) is 0 Å². The molecule has 2 heteroatoms. The van der Waals surface area contributed by atoms with Crippen LogP contribution < -0.4 is 0 Å². The maximum atomic E-state index is 11.1. The number of carbonyl (C=O) groups is 1. The second-order valence-corrected chi connectivity index (χ2v) is 5.00. The van der Waals surface area contributed by atoms with Gasteiger partial charge in [0.25, 0.3) is 0 Å². The van der Waals surface area contributed by atoms with Gasteiger partial charge >= 0.3 is 0 Å². The Morgan fingerprint density at radius 2 is 1.94 bits per heavy atom. The fourth-order valence-electron chi connectivity index (χ4n) is 2.30. The number of fused-ring (bicyclic) bond motifs is 1. The number of hydrogen-bond acceptors (Lipinski definition) is 1. The summed E-state index contributed by atoms with van der Waals surface area (Å²) in [5.41, 5.74) is 4.39. The van der Waals surface area contributed by atoms with E-state index in [1.54, 1.807) is 0 Å². The van der Waals surface area contributed by atoms with Gasteiger partial charge in [-0.15, -0.1) is 0 Å². The van der Waals surface area contributed by atoms with Crippen molar-refractivity contribution in [2.75, 3.05) is 0 Å². The van der Waals surface area contributed by atoms with Gasteiger partial charge in [-0.2, -0.15) is 0 Å². The number of aldehydes is 1. The molecule has 94 valence electrons. The standard InChI is InChI=1S/C16H19NO/c1-11(2)13(10-18)9-16-12(3)14-7-5-6-8-15(14)17(16)4/h5-11H,1-4H3/b13-9+. The summed E-state index contributed by atoms with van der Waals surface area (Å²) in [5, 5.41) is 1.25. The Kier molecular flexibility index (Phi) is 3.37. The first-order valence-electron chi connectivity index (χ1n) is 6.27. The molecule has 0 bridgehead atoms. The molecular weight excluding hydrogens is 222 g/mol. The number of aryl methyl sites for hydroxylation is 2. The van der Waals surface area contributed by atoms with Gasteiger partial charge in [0.15, 0.2) is 0 Å². The van der Waals surface area contributed by atoms with Crippen LogP contribution in [0.2, 0.25) is 0 Å². The SMILES string of the molecule is Cc1c(/C=C(\C=O)C(C)C)n(C)c2ccccc12. The van der Waals surface area contributed by atoms with Gasteiger partial charge in [-0.25, -0.2) is 0 Å². The van der Waals surface area contributed by atoms with Gasteiger partial charge in [-0.1, -0.05) is 32.0 Å². The minimum absolute atomic E-state index is 0.250. The molecule has 1 aromatic heterocycles. The molecule has 0 fully saturated rings. The molecule has 0 aliphatic carbocycles. The molecule has 0 saturated heterocycles. The Morgan fingerprint density at radius 3 is 2.50 bits per heavy atom. The van der Waals surface area contributed by atoms with Crippen molar-refractivity contribution in [1.29, 1.82) is 0 Å². The Balaban J connectivity index is 2.68. The van der Waals surface area contributed by atoms with Crippen molar-refractivity contribution in [3.8, 4) is 0 Å². The molecule has 0 unspecified atom stereocenters. The Labute approximate surface area is 108 Å². The third-order valence-corrected chi connectivity index (χ3v) is 3.52. The lowest BCUT2D eigenvalue weighted by molar-refractivity contribution is -0.105. The van der Waals surface area contributed by atoms with Crippen LogP contribution in [0.4, 0.5) is 0 Å². The molecule has 2 aromatic rings. The van der Waals surface area contributed by atoms with Gasteiger partial charge in [0.2, 0.25) is 0 Å². The van der Waals surface area contributed by atoms with Crippen molar-refractivity contribution in [1.82, 2.24) is 4.57 Å². The maximum absolute atomic E-state index is 11.1. The molecule has 0 amide bonds. The fraction of sp³-hybridized carbons (Fsp3) is 0.312. The van der Waals surface area contributed by atoms with E-state index in [2.05, 4.69) is 23.6 Å². The van der Waals surface area contributed by atoms with E-state index in [0.29, 0.717) is 0 Å². The van der Waals surface area contributed by atoms with Gasteiger partial charge in [-0.3, -0.25) is 4.79 Å².